The zero-order valence-corrected chi connectivity index (χ0v) is 12.6. The molecule has 2 N–H and O–H groups in total. The number of nitrogens with zero attached hydrogens (tertiary/aromatic N) is 2. The molecule has 0 unspecified atom stereocenters. The Kier molecular flexibility index (Phi) is 4.15. The molecule has 1 amide bonds. The van der Waals surface area contributed by atoms with Gasteiger partial charge in [-0.1, -0.05) is 18.0 Å². The van der Waals surface area contributed by atoms with Crippen LogP contribution in [0.3, 0.4) is 0 Å². The third-order valence-corrected chi connectivity index (χ3v) is 4.73. The number of nitrogens with one attached hydrogen (secondary N) is 1. The first-order valence-electron chi connectivity index (χ1n) is 7.76. The smallest absolute Gasteiger partial charge is 0.320 e. The van der Waals surface area contributed by atoms with Gasteiger partial charge >= 0.3 is 5.97 Å². The Bertz CT molecular complexity index is 571. The lowest BCUT2D eigenvalue weighted by Crippen LogP contribution is -2.46. The molecular weight excluding hydrogens is 286 g/mol. The van der Waals surface area contributed by atoms with Crippen molar-refractivity contribution in [3.8, 4) is 0 Å². The zero-order chi connectivity index (χ0) is 15.7. The minimum absolute atomic E-state index is 0.0873. The minimum Gasteiger partial charge on any atom is -0.480 e. The molecule has 1 aromatic heterocycles. The quantitative estimate of drug-likeness (QED) is 0.878. The van der Waals surface area contributed by atoms with Gasteiger partial charge in [-0.2, -0.15) is 0 Å². The van der Waals surface area contributed by atoms with Crippen LogP contribution in [0.2, 0.25) is 0 Å². The van der Waals surface area contributed by atoms with E-state index in [1.54, 1.807) is 13.0 Å². The number of likely N-dealkylation sites (tertiary alicyclic amines) is 1. The molecule has 1 aliphatic carbocycles. The van der Waals surface area contributed by atoms with E-state index in [4.69, 9.17) is 4.52 Å². The van der Waals surface area contributed by atoms with E-state index < -0.39 is 12.0 Å². The first-order valence-corrected chi connectivity index (χ1v) is 7.76. The highest BCUT2D eigenvalue weighted by atomic mass is 16.5. The van der Waals surface area contributed by atoms with E-state index in [9.17, 15) is 14.7 Å². The normalized spacial score (nSPS) is 28.3. The number of carbonyl (C=O) groups is 2. The van der Waals surface area contributed by atoms with Gasteiger partial charge in [-0.05, 0) is 32.1 Å². The van der Waals surface area contributed by atoms with Crippen LogP contribution in [0.15, 0.2) is 10.6 Å². The van der Waals surface area contributed by atoms with Crippen LogP contribution < -0.4 is 5.32 Å². The fourth-order valence-electron chi connectivity index (χ4n) is 3.80. The average Bonchev–Trinajstić information content (AvgIpc) is 3.03. The van der Waals surface area contributed by atoms with Gasteiger partial charge < -0.3 is 14.9 Å². The molecule has 0 bridgehead atoms. The second-order valence-electron chi connectivity index (χ2n) is 6.24. The topological polar surface area (TPSA) is 95.7 Å². The van der Waals surface area contributed by atoms with Crippen molar-refractivity contribution in [3.05, 3.63) is 11.8 Å². The van der Waals surface area contributed by atoms with Crippen LogP contribution in [0.5, 0.6) is 0 Å². The molecule has 1 saturated carbocycles. The lowest BCUT2D eigenvalue weighted by molar-refractivity contribution is -0.143. The summed E-state index contributed by atoms with van der Waals surface area (Å²) in [6.07, 6.45) is 4.95. The van der Waals surface area contributed by atoms with Gasteiger partial charge in [-0.25, -0.2) is 0 Å². The van der Waals surface area contributed by atoms with Gasteiger partial charge in [-0.15, -0.1) is 0 Å². The van der Waals surface area contributed by atoms with Crippen LogP contribution in [0.1, 0.15) is 37.9 Å². The van der Waals surface area contributed by atoms with Gasteiger partial charge in [-0.3, -0.25) is 14.5 Å². The first-order chi connectivity index (χ1) is 10.5. The summed E-state index contributed by atoms with van der Waals surface area (Å²) >= 11 is 0. The molecule has 1 saturated heterocycles. The molecule has 1 aliphatic heterocycles. The van der Waals surface area contributed by atoms with E-state index in [1.165, 1.54) is 0 Å². The maximum absolute atomic E-state index is 12.2. The fraction of sp³-hybridized carbons (Fsp3) is 0.667. The molecule has 2 fully saturated rings. The van der Waals surface area contributed by atoms with Crippen LogP contribution in [-0.4, -0.2) is 45.7 Å². The molecule has 1 aromatic rings. The molecule has 2 heterocycles. The van der Waals surface area contributed by atoms with Gasteiger partial charge in [0.2, 0.25) is 5.91 Å². The summed E-state index contributed by atoms with van der Waals surface area (Å²) in [5, 5.41) is 15.8. The van der Waals surface area contributed by atoms with Crippen molar-refractivity contribution in [3.63, 3.8) is 0 Å². The van der Waals surface area contributed by atoms with Crippen LogP contribution in [0, 0.1) is 12.8 Å². The van der Waals surface area contributed by atoms with Crippen LogP contribution in [0.4, 0.5) is 5.82 Å². The SMILES string of the molecule is Cc1cc(NC(=O)CN2[C@@H]3CCCC[C@H]3C[C@H]2C(=O)O)no1. The van der Waals surface area contributed by atoms with Crippen molar-refractivity contribution < 1.29 is 19.2 Å². The molecule has 3 atom stereocenters. The summed E-state index contributed by atoms with van der Waals surface area (Å²) in [7, 11) is 0. The van der Waals surface area contributed by atoms with Gasteiger partial charge in [0.1, 0.15) is 11.8 Å². The third-order valence-electron chi connectivity index (χ3n) is 4.73. The van der Waals surface area contributed by atoms with E-state index in [1.807, 2.05) is 4.90 Å². The summed E-state index contributed by atoms with van der Waals surface area (Å²) in [5.74, 6) is 0.309. The van der Waals surface area contributed by atoms with E-state index in [0.717, 1.165) is 25.7 Å². The van der Waals surface area contributed by atoms with E-state index in [-0.39, 0.29) is 18.5 Å². The monoisotopic (exact) mass is 307 g/mol. The molecule has 0 aromatic carbocycles. The molecule has 0 radical (unpaired) electrons. The maximum Gasteiger partial charge on any atom is 0.320 e. The Morgan fingerprint density at radius 3 is 2.91 bits per heavy atom. The third kappa shape index (κ3) is 2.99. The number of carboxylic acid groups (broad SMARTS) is 1. The standard InChI is InChI=1S/C15H21N3O4/c1-9-6-13(17-22-9)16-14(19)8-18-11-5-3-2-4-10(11)7-12(18)15(20)21/h6,10-12H,2-5,7-8H2,1H3,(H,20,21)(H,16,17,19)/t10-,11+,12-/m0/s1. The number of aryl methyl sites for hydroxylation is 1. The number of rotatable bonds is 4. The highest BCUT2D eigenvalue weighted by Crippen LogP contribution is 2.39. The van der Waals surface area contributed by atoms with Gasteiger partial charge in [0.25, 0.3) is 0 Å². The Morgan fingerprint density at radius 1 is 1.45 bits per heavy atom. The number of anilines is 1. The fourth-order valence-corrected chi connectivity index (χ4v) is 3.80. The maximum atomic E-state index is 12.2. The van der Waals surface area contributed by atoms with Crippen molar-refractivity contribution in [1.29, 1.82) is 0 Å². The molecule has 7 nitrogen and oxygen atoms in total. The lowest BCUT2D eigenvalue weighted by atomic mass is 9.85. The lowest BCUT2D eigenvalue weighted by Gasteiger charge is -2.32. The molecule has 120 valence electrons. The van der Waals surface area contributed by atoms with Crippen LogP contribution >= 0.6 is 0 Å². The number of hydrogen-bond donors (Lipinski definition) is 2. The van der Waals surface area contributed by atoms with E-state index in [0.29, 0.717) is 23.9 Å². The summed E-state index contributed by atoms with van der Waals surface area (Å²) in [6, 6.07) is 1.29. The van der Waals surface area contributed by atoms with Crippen molar-refractivity contribution in [2.75, 3.05) is 11.9 Å². The molecular formula is C15H21N3O4. The predicted octanol–water partition coefficient (Wildman–Crippen LogP) is 1.64. The first kappa shape index (κ1) is 15.0. The molecule has 7 heteroatoms. The summed E-state index contributed by atoms with van der Waals surface area (Å²) in [4.78, 5) is 25.5. The van der Waals surface area contributed by atoms with Gasteiger partial charge in [0.15, 0.2) is 5.82 Å². The zero-order valence-electron chi connectivity index (χ0n) is 12.6. The van der Waals surface area contributed by atoms with Gasteiger partial charge in [0.05, 0.1) is 6.54 Å². The number of aromatic nitrogens is 1. The number of amides is 1. The van der Waals surface area contributed by atoms with Gasteiger partial charge in [0, 0.05) is 12.1 Å². The predicted molar refractivity (Wildman–Crippen MR) is 78.4 cm³/mol. The number of hydrogen-bond acceptors (Lipinski definition) is 5. The Balaban J connectivity index is 1.67. The molecule has 2 aliphatic rings. The molecule has 0 spiro atoms. The Morgan fingerprint density at radius 2 is 2.23 bits per heavy atom. The van der Waals surface area contributed by atoms with E-state index in [2.05, 4.69) is 10.5 Å². The second kappa shape index (κ2) is 6.08. The highest BCUT2D eigenvalue weighted by molar-refractivity contribution is 5.91. The Hall–Kier alpha value is -1.89. The largest absolute Gasteiger partial charge is 0.480 e. The van der Waals surface area contributed by atoms with Crippen LogP contribution in [0.25, 0.3) is 0 Å². The Labute approximate surface area is 128 Å². The second-order valence-corrected chi connectivity index (χ2v) is 6.24. The summed E-state index contributed by atoms with van der Waals surface area (Å²) in [6.45, 7) is 1.83. The van der Waals surface area contributed by atoms with Crippen molar-refractivity contribution in [2.24, 2.45) is 5.92 Å². The van der Waals surface area contributed by atoms with E-state index >= 15 is 0 Å². The molecule has 22 heavy (non-hydrogen) atoms. The summed E-state index contributed by atoms with van der Waals surface area (Å²) in [5.41, 5.74) is 0. The minimum atomic E-state index is -0.834. The average molecular weight is 307 g/mol. The van der Waals surface area contributed by atoms with Crippen molar-refractivity contribution in [1.82, 2.24) is 10.1 Å². The van der Waals surface area contributed by atoms with Crippen molar-refractivity contribution in [2.45, 2.75) is 51.1 Å². The molecule has 3 rings (SSSR count). The number of fused-ring (bicyclic) bond motifs is 1. The summed E-state index contributed by atoms with van der Waals surface area (Å²) < 4.78 is 4.91. The number of carboxylic acids is 1. The number of aliphatic carboxylic acids is 1. The number of carbonyl (C=O) groups excluding carboxylic acids is 1. The van der Waals surface area contributed by atoms with Crippen LogP contribution in [-0.2, 0) is 9.59 Å². The van der Waals surface area contributed by atoms with Crippen molar-refractivity contribution >= 4 is 17.7 Å². The highest BCUT2D eigenvalue weighted by Gasteiger charge is 2.45.